The highest BCUT2D eigenvalue weighted by Crippen LogP contribution is 2.28. The van der Waals surface area contributed by atoms with E-state index in [1.54, 1.807) is 4.90 Å². The van der Waals surface area contributed by atoms with Crippen LogP contribution in [-0.2, 0) is 19.1 Å². The molecule has 1 unspecified atom stereocenters. The summed E-state index contributed by atoms with van der Waals surface area (Å²) >= 11 is 0. The van der Waals surface area contributed by atoms with Crippen molar-refractivity contribution in [2.75, 3.05) is 26.8 Å². The Morgan fingerprint density at radius 1 is 1.33 bits per heavy atom. The Bertz CT molecular complexity index is 312. The molecule has 0 aromatic heterocycles. The number of morpholine rings is 1. The zero-order valence-corrected chi connectivity index (χ0v) is 10.9. The number of carbonyl (C=O) groups excluding carboxylic acids is 2. The summed E-state index contributed by atoms with van der Waals surface area (Å²) in [6, 6.07) is 0. The summed E-state index contributed by atoms with van der Waals surface area (Å²) in [4.78, 5) is 25.3. The Balaban J connectivity index is 1.83. The highest BCUT2D eigenvalue weighted by Gasteiger charge is 2.31. The molecule has 0 aromatic carbocycles. The van der Waals surface area contributed by atoms with E-state index >= 15 is 0 Å². The van der Waals surface area contributed by atoms with Crippen LogP contribution in [0.1, 0.15) is 32.1 Å². The maximum absolute atomic E-state index is 12.1. The lowest BCUT2D eigenvalue weighted by Crippen LogP contribution is -2.49. The number of hydrogen-bond donors (Lipinski definition) is 0. The van der Waals surface area contributed by atoms with Gasteiger partial charge in [-0.25, -0.2) is 4.79 Å². The van der Waals surface area contributed by atoms with E-state index in [-0.39, 0.29) is 5.91 Å². The number of amides is 1. The fraction of sp³-hybridized carbons (Fsp3) is 0.846. The SMILES string of the molecule is COC(=O)C1CN(C(=O)CC2CCCC2)CCO1. The number of nitrogens with zero attached hydrogens (tertiary/aromatic N) is 1. The molecule has 2 aliphatic rings. The van der Waals surface area contributed by atoms with Gasteiger partial charge in [0.2, 0.25) is 5.91 Å². The second-order valence-electron chi connectivity index (χ2n) is 5.08. The number of rotatable bonds is 3. The van der Waals surface area contributed by atoms with Crippen molar-refractivity contribution in [3.05, 3.63) is 0 Å². The van der Waals surface area contributed by atoms with Gasteiger partial charge in [0, 0.05) is 13.0 Å². The highest BCUT2D eigenvalue weighted by atomic mass is 16.6. The van der Waals surface area contributed by atoms with Crippen molar-refractivity contribution in [2.45, 2.75) is 38.2 Å². The Morgan fingerprint density at radius 2 is 2.06 bits per heavy atom. The van der Waals surface area contributed by atoms with Crippen molar-refractivity contribution in [3.8, 4) is 0 Å². The smallest absolute Gasteiger partial charge is 0.336 e. The largest absolute Gasteiger partial charge is 0.467 e. The van der Waals surface area contributed by atoms with Gasteiger partial charge in [-0.3, -0.25) is 4.79 Å². The fourth-order valence-corrected chi connectivity index (χ4v) is 2.74. The summed E-state index contributed by atoms with van der Waals surface area (Å²) in [5, 5.41) is 0. The lowest BCUT2D eigenvalue weighted by molar-refractivity contribution is -0.162. The maximum atomic E-state index is 12.1. The molecule has 0 radical (unpaired) electrons. The van der Waals surface area contributed by atoms with Gasteiger partial charge < -0.3 is 14.4 Å². The third-order valence-corrected chi connectivity index (χ3v) is 3.82. The van der Waals surface area contributed by atoms with Gasteiger partial charge in [-0.15, -0.1) is 0 Å². The molecule has 18 heavy (non-hydrogen) atoms. The van der Waals surface area contributed by atoms with Crippen LogP contribution in [0.2, 0.25) is 0 Å². The number of methoxy groups -OCH3 is 1. The fourth-order valence-electron chi connectivity index (χ4n) is 2.74. The first-order valence-electron chi connectivity index (χ1n) is 6.68. The van der Waals surface area contributed by atoms with Crippen LogP contribution in [0.3, 0.4) is 0 Å². The summed E-state index contributed by atoms with van der Waals surface area (Å²) in [6.07, 6.45) is 4.81. The molecule has 5 nitrogen and oxygen atoms in total. The summed E-state index contributed by atoms with van der Waals surface area (Å²) in [5.41, 5.74) is 0. The van der Waals surface area contributed by atoms with Crippen molar-refractivity contribution in [2.24, 2.45) is 5.92 Å². The van der Waals surface area contributed by atoms with Gasteiger partial charge in [0.25, 0.3) is 0 Å². The summed E-state index contributed by atoms with van der Waals surface area (Å²) < 4.78 is 9.96. The Morgan fingerprint density at radius 3 is 2.72 bits per heavy atom. The molecule has 1 amide bonds. The minimum absolute atomic E-state index is 0.152. The molecule has 1 heterocycles. The predicted molar refractivity (Wildman–Crippen MR) is 64.9 cm³/mol. The standard InChI is InChI=1S/C13H21NO4/c1-17-13(16)11-9-14(6-7-18-11)12(15)8-10-4-2-3-5-10/h10-11H,2-9H2,1H3. The van der Waals surface area contributed by atoms with Crippen LogP contribution in [0.5, 0.6) is 0 Å². The van der Waals surface area contributed by atoms with E-state index in [1.807, 2.05) is 0 Å². The molecule has 0 bridgehead atoms. The lowest BCUT2D eigenvalue weighted by Gasteiger charge is -2.32. The molecule has 1 aliphatic heterocycles. The Hall–Kier alpha value is -1.10. The van der Waals surface area contributed by atoms with Gasteiger partial charge in [-0.05, 0) is 18.8 Å². The molecule has 1 aliphatic carbocycles. The lowest BCUT2D eigenvalue weighted by atomic mass is 10.0. The van der Waals surface area contributed by atoms with Crippen molar-refractivity contribution >= 4 is 11.9 Å². The van der Waals surface area contributed by atoms with E-state index in [2.05, 4.69) is 4.74 Å². The first kappa shape index (κ1) is 13.3. The third-order valence-electron chi connectivity index (χ3n) is 3.82. The van der Waals surface area contributed by atoms with E-state index in [4.69, 9.17) is 4.74 Å². The quantitative estimate of drug-likeness (QED) is 0.705. The zero-order chi connectivity index (χ0) is 13.0. The van der Waals surface area contributed by atoms with Crippen molar-refractivity contribution < 1.29 is 19.1 Å². The van der Waals surface area contributed by atoms with Crippen LogP contribution in [0.15, 0.2) is 0 Å². The predicted octanol–water partition coefficient (Wildman–Crippen LogP) is 0.967. The summed E-state index contributed by atoms with van der Waals surface area (Å²) in [5.74, 6) is 0.296. The van der Waals surface area contributed by atoms with Crippen molar-refractivity contribution in [1.82, 2.24) is 4.90 Å². The van der Waals surface area contributed by atoms with Crippen LogP contribution < -0.4 is 0 Å². The number of carbonyl (C=O) groups is 2. The molecule has 1 saturated heterocycles. The average Bonchev–Trinajstić information content (AvgIpc) is 2.90. The topological polar surface area (TPSA) is 55.8 Å². The maximum Gasteiger partial charge on any atom is 0.336 e. The number of esters is 1. The molecular weight excluding hydrogens is 234 g/mol. The van der Waals surface area contributed by atoms with E-state index in [9.17, 15) is 9.59 Å². The van der Waals surface area contributed by atoms with Gasteiger partial charge in [0.15, 0.2) is 6.10 Å². The molecule has 0 aromatic rings. The van der Waals surface area contributed by atoms with E-state index in [0.29, 0.717) is 32.0 Å². The molecule has 1 saturated carbocycles. The van der Waals surface area contributed by atoms with Gasteiger partial charge in [0.05, 0.1) is 20.3 Å². The van der Waals surface area contributed by atoms with Gasteiger partial charge in [-0.1, -0.05) is 12.8 Å². The summed E-state index contributed by atoms with van der Waals surface area (Å²) in [7, 11) is 1.34. The molecule has 2 fully saturated rings. The van der Waals surface area contributed by atoms with Crippen molar-refractivity contribution in [3.63, 3.8) is 0 Å². The van der Waals surface area contributed by atoms with Crippen LogP contribution in [0.25, 0.3) is 0 Å². The number of ether oxygens (including phenoxy) is 2. The average molecular weight is 255 g/mol. The molecule has 1 atom stereocenters. The van der Waals surface area contributed by atoms with Crippen LogP contribution in [0, 0.1) is 5.92 Å². The van der Waals surface area contributed by atoms with E-state index in [0.717, 1.165) is 12.8 Å². The van der Waals surface area contributed by atoms with Crippen molar-refractivity contribution in [1.29, 1.82) is 0 Å². The normalized spacial score (nSPS) is 25.2. The van der Waals surface area contributed by atoms with Crippen LogP contribution in [0.4, 0.5) is 0 Å². The van der Waals surface area contributed by atoms with Gasteiger partial charge >= 0.3 is 5.97 Å². The highest BCUT2D eigenvalue weighted by molar-refractivity contribution is 5.79. The zero-order valence-electron chi connectivity index (χ0n) is 10.9. The molecule has 2 rings (SSSR count). The van der Waals surface area contributed by atoms with Gasteiger partial charge in [-0.2, -0.15) is 0 Å². The molecular formula is C13H21NO4. The van der Waals surface area contributed by atoms with Crippen LogP contribution >= 0.6 is 0 Å². The second kappa shape index (κ2) is 6.18. The molecule has 0 spiro atoms. The number of hydrogen-bond acceptors (Lipinski definition) is 4. The Kier molecular flexibility index (Phi) is 4.58. The Labute approximate surface area is 107 Å². The molecule has 0 N–H and O–H groups in total. The van der Waals surface area contributed by atoms with E-state index in [1.165, 1.54) is 20.0 Å². The second-order valence-corrected chi connectivity index (χ2v) is 5.08. The minimum atomic E-state index is -0.615. The minimum Gasteiger partial charge on any atom is -0.467 e. The molecule has 5 heteroatoms. The molecule has 102 valence electrons. The van der Waals surface area contributed by atoms with E-state index < -0.39 is 12.1 Å². The summed E-state index contributed by atoms with van der Waals surface area (Å²) in [6.45, 7) is 1.33. The first-order valence-corrected chi connectivity index (χ1v) is 6.68. The monoisotopic (exact) mass is 255 g/mol. The van der Waals surface area contributed by atoms with Crippen LogP contribution in [-0.4, -0.2) is 49.7 Å². The first-order chi connectivity index (χ1) is 8.70. The third kappa shape index (κ3) is 3.22. The van der Waals surface area contributed by atoms with Gasteiger partial charge in [0.1, 0.15) is 0 Å².